The van der Waals surface area contributed by atoms with Crippen LogP contribution in [0.3, 0.4) is 0 Å². The Balaban J connectivity index is 3.86. The highest BCUT2D eigenvalue weighted by atomic mass is 16.5. The molecule has 0 radical (unpaired) electrons. The van der Waals surface area contributed by atoms with Gasteiger partial charge in [-0.1, -0.05) is 183 Å². The van der Waals surface area contributed by atoms with Gasteiger partial charge in [-0.05, 0) is 77.0 Å². The van der Waals surface area contributed by atoms with Gasteiger partial charge in [0.2, 0.25) is 0 Å². The molecule has 0 aromatic rings. The van der Waals surface area contributed by atoms with Gasteiger partial charge in [-0.3, -0.25) is 9.59 Å². The van der Waals surface area contributed by atoms with Crippen molar-refractivity contribution in [3.8, 4) is 0 Å². The van der Waals surface area contributed by atoms with Crippen LogP contribution >= 0.6 is 0 Å². The quantitative estimate of drug-likeness (QED) is 0.0399. The summed E-state index contributed by atoms with van der Waals surface area (Å²) in [5.74, 6) is -0.708. The van der Waals surface area contributed by atoms with Crippen LogP contribution in [0.2, 0.25) is 0 Å². The number of hydrogen-bond acceptors (Lipinski definition) is 3. The fraction of sp³-hybridized carbons (Fsp3) is 0.696. The number of hydrogen-bond donors (Lipinski definition) is 1. The molecule has 0 spiro atoms. The van der Waals surface area contributed by atoms with E-state index in [1.165, 1.54) is 89.9 Å². The minimum atomic E-state index is -0.668. The van der Waals surface area contributed by atoms with Crippen LogP contribution < -0.4 is 0 Å². The third kappa shape index (κ3) is 39.8. The van der Waals surface area contributed by atoms with Crippen molar-refractivity contribution in [2.75, 3.05) is 0 Å². The van der Waals surface area contributed by atoms with Crippen LogP contribution in [-0.4, -0.2) is 23.1 Å². The zero-order chi connectivity index (χ0) is 36.4. The highest BCUT2D eigenvalue weighted by molar-refractivity contribution is 5.69. The van der Waals surface area contributed by atoms with Gasteiger partial charge in [0.25, 0.3) is 0 Å². The normalized spacial score (nSPS) is 13.0. The Kier molecular flexibility index (Phi) is 38.7. The van der Waals surface area contributed by atoms with E-state index in [9.17, 15) is 9.59 Å². The molecule has 0 aliphatic heterocycles. The lowest BCUT2D eigenvalue weighted by Crippen LogP contribution is -2.18. The summed E-state index contributed by atoms with van der Waals surface area (Å²) in [6.45, 7) is 4.38. The lowest BCUT2D eigenvalue weighted by molar-refractivity contribution is -0.149. The topological polar surface area (TPSA) is 63.6 Å². The summed E-state index contributed by atoms with van der Waals surface area (Å²) >= 11 is 0. The lowest BCUT2D eigenvalue weighted by Gasteiger charge is -2.18. The molecule has 1 atom stereocenters. The highest BCUT2D eigenvalue weighted by Gasteiger charge is 2.13. The SMILES string of the molecule is CC/C=C\C/C=C\C/C=C\C/C=C\C/C=C\C/C=C\CCC(=O)OC(CCCCC)CCCCCCCCCCCCCCCCCC(=O)O. The summed E-state index contributed by atoms with van der Waals surface area (Å²) in [6, 6.07) is 0. The summed E-state index contributed by atoms with van der Waals surface area (Å²) in [7, 11) is 0. The first kappa shape index (κ1) is 47.4. The molecule has 0 saturated heterocycles. The molecule has 0 aromatic heterocycles. The van der Waals surface area contributed by atoms with Gasteiger partial charge in [0.15, 0.2) is 0 Å². The molecule has 4 heteroatoms. The maximum absolute atomic E-state index is 12.6. The van der Waals surface area contributed by atoms with Gasteiger partial charge in [-0.15, -0.1) is 0 Å². The Labute approximate surface area is 309 Å². The molecule has 0 aliphatic rings. The summed E-state index contributed by atoms with van der Waals surface area (Å²) in [4.78, 5) is 23.1. The van der Waals surface area contributed by atoms with Gasteiger partial charge in [-0.2, -0.15) is 0 Å². The zero-order valence-corrected chi connectivity index (χ0v) is 32.7. The summed E-state index contributed by atoms with van der Waals surface area (Å²) in [5, 5.41) is 8.68. The molecule has 0 bridgehead atoms. The number of allylic oxidation sites excluding steroid dienone is 12. The smallest absolute Gasteiger partial charge is 0.306 e. The van der Waals surface area contributed by atoms with Crippen molar-refractivity contribution in [3.05, 3.63) is 72.9 Å². The van der Waals surface area contributed by atoms with Crippen molar-refractivity contribution in [2.24, 2.45) is 0 Å². The standard InChI is InChI=1S/C46H78O4/c1-3-5-7-8-9-10-11-12-13-14-15-16-20-23-26-29-32-35-39-43-46(49)50-44(40-36-6-4-2)41-37-33-30-27-24-21-18-17-19-22-25-28-31-34-38-42-45(47)48/h5,7,9-10,12-13,15-16,23,26,32,35,44H,3-4,6,8,11,14,17-22,24-25,27-31,33-34,36-43H2,1-2H3,(H,47,48)/b7-5-,10-9-,13-12-,16-15-,26-23-,35-32-. The van der Waals surface area contributed by atoms with Crippen LogP contribution in [-0.2, 0) is 14.3 Å². The molecule has 0 fully saturated rings. The average Bonchev–Trinajstić information content (AvgIpc) is 3.10. The van der Waals surface area contributed by atoms with Gasteiger partial charge < -0.3 is 9.84 Å². The first-order valence-corrected chi connectivity index (χ1v) is 20.9. The molecule has 0 heterocycles. The average molecular weight is 695 g/mol. The first-order valence-electron chi connectivity index (χ1n) is 20.9. The number of esters is 1. The Morgan fingerprint density at radius 3 is 1.22 bits per heavy atom. The molecule has 286 valence electrons. The van der Waals surface area contributed by atoms with Crippen molar-refractivity contribution in [1.29, 1.82) is 0 Å². The fourth-order valence-electron chi connectivity index (χ4n) is 5.92. The van der Waals surface area contributed by atoms with Crippen LogP contribution in [0.4, 0.5) is 0 Å². The minimum Gasteiger partial charge on any atom is -0.481 e. The predicted molar refractivity (Wildman–Crippen MR) is 218 cm³/mol. The van der Waals surface area contributed by atoms with E-state index in [2.05, 4.69) is 86.8 Å². The second-order valence-corrected chi connectivity index (χ2v) is 13.8. The number of ether oxygens (including phenoxy) is 1. The molecule has 0 amide bonds. The van der Waals surface area contributed by atoms with Crippen molar-refractivity contribution in [3.63, 3.8) is 0 Å². The summed E-state index contributed by atoms with van der Waals surface area (Å²) in [6.07, 6.45) is 58.3. The number of unbranched alkanes of at least 4 members (excludes halogenated alkanes) is 16. The number of carboxylic acids is 1. The van der Waals surface area contributed by atoms with Gasteiger partial charge in [0, 0.05) is 12.8 Å². The molecule has 1 unspecified atom stereocenters. The molecule has 50 heavy (non-hydrogen) atoms. The minimum absolute atomic E-state index is 0.0400. The predicted octanol–water partition coefficient (Wildman–Crippen LogP) is 14.7. The third-order valence-electron chi connectivity index (χ3n) is 8.96. The van der Waals surface area contributed by atoms with Crippen molar-refractivity contribution >= 4 is 11.9 Å². The molecule has 0 aliphatic carbocycles. The summed E-state index contributed by atoms with van der Waals surface area (Å²) in [5.41, 5.74) is 0. The van der Waals surface area contributed by atoms with Crippen LogP contribution in [0.1, 0.15) is 200 Å². The molecule has 0 saturated carbocycles. The fourth-order valence-corrected chi connectivity index (χ4v) is 5.92. The second kappa shape index (κ2) is 40.8. The van der Waals surface area contributed by atoms with Gasteiger partial charge in [-0.25, -0.2) is 0 Å². The summed E-state index contributed by atoms with van der Waals surface area (Å²) < 4.78 is 5.94. The van der Waals surface area contributed by atoms with Crippen LogP contribution in [0, 0.1) is 0 Å². The van der Waals surface area contributed by atoms with Crippen molar-refractivity contribution in [1.82, 2.24) is 0 Å². The van der Waals surface area contributed by atoms with Crippen molar-refractivity contribution < 1.29 is 19.4 Å². The molecular formula is C46H78O4. The Bertz CT molecular complexity index is 922. The highest BCUT2D eigenvalue weighted by Crippen LogP contribution is 2.18. The monoisotopic (exact) mass is 695 g/mol. The van der Waals surface area contributed by atoms with E-state index in [-0.39, 0.29) is 12.1 Å². The number of carbonyl (C=O) groups is 2. The molecule has 4 nitrogen and oxygen atoms in total. The van der Waals surface area contributed by atoms with E-state index in [1.54, 1.807) is 0 Å². The Morgan fingerprint density at radius 2 is 0.820 bits per heavy atom. The lowest BCUT2D eigenvalue weighted by atomic mass is 10.0. The second-order valence-electron chi connectivity index (χ2n) is 13.8. The van der Waals surface area contributed by atoms with Gasteiger partial charge >= 0.3 is 11.9 Å². The van der Waals surface area contributed by atoms with E-state index in [0.717, 1.165) is 83.5 Å². The molecule has 0 rings (SSSR count). The van der Waals surface area contributed by atoms with E-state index < -0.39 is 5.97 Å². The van der Waals surface area contributed by atoms with Crippen LogP contribution in [0.5, 0.6) is 0 Å². The van der Waals surface area contributed by atoms with E-state index >= 15 is 0 Å². The number of carboxylic acid groups (broad SMARTS) is 1. The van der Waals surface area contributed by atoms with Crippen LogP contribution in [0.25, 0.3) is 0 Å². The van der Waals surface area contributed by atoms with Gasteiger partial charge in [0.1, 0.15) is 6.10 Å². The number of aliphatic carboxylic acids is 1. The first-order chi connectivity index (χ1) is 24.6. The Hall–Kier alpha value is -2.62. The maximum atomic E-state index is 12.6. The van der Waals surface area contributed by atoms with Gasteiger partial charge in [0.05, 0.1) is 0 Å². The largest absolute Gasteiger partial charge is 0.481 e. The molecule has 1 N–H and O–H groups in total. The maximum Gasteiger partial charge on any atom is 0.306 e. The molecule has 0 aromatic carbocycles. The van der Waals surface area contributed by atoms with Crippen LogP contribution in [0.15, 0.2) is 72.9 Å². The van der Waals surface area contributed by atoms with Crippen molar-refractivity contribution in [2.45, 2.75) is 206 Å². The third-order valence-corrected chi connectivity index (χ3v) is 8.96. The van der Waals surface area contributed by atoms with E-state index in [4.69, 9.17) is 9.84 Å². The zero-order valence-electron chi connectivity index (χ0n) is 32.7. The number of rotatable bonds is 37. The van der Waals surface area contributed by atoms with E-state index in [1.807, 2.05) is 0 Å². The molecular weight excluding hydrogens is 617 g/mol. The van der Waals surface area contributed by atoms with E-state index in [0.29, 0.717) is 12.8 Å². The Morgan fingerprint density at radius 1 is 0.460 bits per heavy atom. The number of carbonyl (C=O) groups excluding carboxylic acids is 1.